The van der Waals surface area contributed by atoms with Gasteiger partial charge in [0.15, 0.2) is 0 Å². The predicted molar refractivity (Wildman–Crippen MR) is 196 cm³/mol. The minimum absolute atomic E-state index is 0.174. The summed E-state index contributed by atoms with van der Waals surface area (Å²) in [6.45, 7) is 17.1. The molecule has 2 aromatic carbocycles. The number of carbonyl (C=O) groups excluding carboxylic acids is 1. The van der Waals surface area contributed by atoms with Crippen molar-refractivity contribution in [1.82, 2.24) is 15.2 Å². The number of ether oxygens (including phenoxy) is 3. The summed E-state index contributed by atoms with van der Waals surface area (Å²) in [6.07, 6.45) is 5.20. The molecule has 0 atom stereocenters. The summed E-state index contributed by atoms with van der Waals surface area (Å²) < 4.78 is 17.3. The predicted octanol–water partition coefficient (Wildman–Crippen LogP) is 6.82. The van der Waals surface area contributed by atoms with Gasteiger partial charge < -0.3 is 29.5 Å². The molecule has 8 heteroatoms. The third kappa shape index (κ3) is 10.4. The van der Waals surface area contributed by atoms with Crippen molar-refractivity contribution < 1.29 is 24.1 Å². The van der Waals surface area contributed by atoms with Gasteiger partial charge in [0.2, 0.25) is 0 Å². The number of aromatic nitrogens is 1. The highest BCUT2D eigenvalue weighted by Gasteiger charge is 2.26. The highest BCUT2D eigenvalue weighted by molar-refractivity contribution is 5.90. The second-order valence-electron chi connectivity index (χ2n) is 15.2. The molecular formula is C41H57N3O5. The van der Waals surface area contributed by atoms with Gasteiger partial charge >= 0.3 is 5.97 Å². The normalized spacial score (nSPS) is 16.4. The molecule has 2 N–H and O–H groups in total. The first-order valence-electron chi connectivity index (χ1n) is 18.1. The Hall–Kier alpha value is -3.30. The lowest BCUT2D eigenvalue weighted by molar-refractivity contribution is -0.146. The van der Waals surface area contributed by atoms with Gasteiger partial charge in [-0.15, -0.1) is 0 Å². The van der Waals surface area contributed by atoms with Crippen LogP contribution in [-0.2, 0) is 46.6 Å². The molecule has 8 nitrogen and oxygen atoms in total. The van der Waals surface area contributed by atoms with Gasteiger partial charge in [0, 0.05) is 44.1 Å². The van der Waals surface area contributed by atoms with Gasteiger partial charge in [-0.2, -0.15) is 0 Å². The van der Waals surface area contributed by atoms with E-state index >= 15 is 0 Å². The zero-order valence-electron chi connectivity index (χ0n) is 30.8. The van der Waals surface area contributed by atoms with Gasteiger partial charge in [-0.25, -0.2) is 0 Å². The molecule has 1 fully saturated rings. The second-order valence-corrected chi connectivity index (χ2v) is 15.2. The number of benzene rings is 2. The molecule has 3 aromatic rings. The number of aliphatic hydroxyl groups is 1. The first-order chi connectivity index (χ1) is 23.4. The topological polar surface area (TPSA) is 93.2 Å². The number of nitrogens with zero attached hydrogens (tertiary/aromatic N) is 2. The third-order valence-electron chi connectivity index (χ3n) is 9.18. The van der Waals surface area contributed by atoms with Crippen LogP contribution in [0, 0.1) is 12.8 Å². The number of aryl methyl sites for hydroxylation is 2. The lowest BCUT2D eigenvalue weighted by Crippen LogP contribution is -2.30. The molecule has 0 aliphatic carbocycles. The van der Waals surface area contributed by atoms with Gasteiger partial charge in [0.25, 0.3) is 0 Å². The number of pyridine rings is 1. The van der Waals surface area contributed by atoms with Crippen molar-refractivity contribution in [2.24, 2.45) is 5.92 Å². The average molecular weight is 672 g/mol. The minimum atomic E-state index is -0.500. The van der Waals surface area contributed by atoms with Gasteiger partial charge in [0.05, 0.1) is 30.4 Å². The molecule has 0 amide bonds. The number of fused-ring (bicyclic) bond motifs is 2. The maximum atomic E-state index is 13.2. The van der Waals surface area contributed by atoms with Crippen molar-refractivity contribution in [3.63, 3.8) is 0 Å². The minimum Gasteiger partial charge on any atom is -0.493 e. The standard InChI is InChI=1S/C37H47N3O4.C4H10O/c1-24(2)44-35(41)20-32-25(3)39-33(23-40(4)22-26-12-16-42-17-13-26)37(30-7-8-31-21-38-14-11-27(31)18-30)36(32)29-9-10-34-28(19-29)6-5-15-43-34;1-4(2,3)5/h7-10,18-19,24,26,38H,5-6,11-17,20-23H2,1-4H3;5H,1-3H3. The molecule has 0 spiro atoms. The summed E-state index contributed by atoms with van der Waals surface area (Å²) in [5.41, 5.74) is 10.8. The van der Waals surface area contributed by atoms with Crippen molar-refractivity contribution >= 4 is 5.97 Å². The summed E-state index contributed by atoms with van der Waals surface area (Å²) in [6, 6.07) is 13.4. The average Bonchev–Trinajstić information content (AvgIpc) is 3.04. The van der Waals surface area contributed by atoms with Crippen LogP contribution in [0.5, 0.6) is 5.75 Å². The van der Waals surface area contributed by atoms with E-state index in [0.717, 1.165) is 123 Å². The van der Waals surface area contributed by atoms with Crippen molar-refractivity contribution in [2.45, 2.75) is 105 Å². The number of hydrogen-bond acceptors (Lipinski definition) is 8. The molecule has 49 heavy (non-hydrogen) atoms. The fraction of sp³-hybridized carbons (Fsp3) is 0.561. The van der Waals surface area contributed by atoms with Crippen LogP contribution in [-0.4, -0.2) is 72.6 Å². The molecule has 3 aliphatic heterocycles. The quantitative estimate of drug-likeness (QED) is 0.240. The Morgan fingerprint density at radius 1 is 1.02 bits per heavy atom. The first kappa shape index (κ1) is 37.0. The van der Waals surface area contributed by atoms with Crippen LogP contribution in [0.25, 0.3) is 22.3 Å². The Kier molecular flexibility index (Phi) is 12.5. The summed E-state index contributed by atoms with van der Waals surface area (Å²) in [4.78, 5) is 20.9. The lowest BCUT2D eigenvalue weighted by Gasteiger charge is -2.29. The zero-order chi connectivity index (χ0) is 35.1. The van der Waals surface area contributed by atoms with E-state index in [1.807, 2.05) is 20.8 Å². The Morgan fingerprint density at radius 2 is 1.71 bits per heavy atom. The molecule has 0 bridgehead atoms. The molecule has 4 heterocycles. The fourth-order valence-corrected chi connectivity index (χ4v) is 7.05. The zero-order valence-corrected chi connectivity index (χ0v) is 30.8. The van der Waals surface area contributed by atoms with E-state index in [9.17, 15) is 4.79 Å². The number of nitrogens with one attached hydrogen (secondary N) is 1. The maximum absolute atomic E-state index is 13.2. The van der Waals surface area contributed by atoms with Gasteiger partial charge in [-0.1, -0.05) is 24.3 Å². The first-order valence-corrected chi connectivity index (χ1v) is 18.1. The molecule has 266 valence electrons. The Balaban J connectivity index is 0.000000874. The van der Waals surface area contributed by atoms with E-state index < -0.39 is 5.60 Å². The summed E-state index contributed by atoms with van der Waals surface area (Å²) in [5, 5.41) is 12.0. The summed E-state index contributed by atoms with van der Waals surface area (Å²) in [7, 11) is 2.21. The molecule has 6 rings (SSSR count). The number of esters is 1. The van der Waals surface area contributed by atoms with Gasteiger partial charge in [-0.3, -0.25) is 9.78 Å². The number of carbonyl (C=O) groups is 1. The van der Waals surface area contributed by atoms with Crippen molar-refractivity contribution in [3.05, 3.63) is 70.0 Å². The highest BCUT2D eigenvalue weighted by Crippen LogP contribution is 2.42. The lowest BCUT2D eigenvalue weighted by atomic mass is 9.85. The smallest absolute Gasteiger partial charge is 0.310 e. The van der Waals surface area contributed by atoms with E-state index in [4.69, 9.17) is 24.3 Å². The molecule has 0 unspecified atom stereocenters. The number of hydrogen-bond donors (Lipinski definition) is 2. The van der Waals surface area contributed by atoms with E-state index in [1.54, 1.807) is 20.8 Å². The second kappa shape index (κ2) is 16.6. The monoisotopic (exact) mass is 671 g/mol. The molecule has 1 saturated heterocycles. The van der Waals surface area contributed by atoms with Crippen LogP contribution in [0.4, 0.5) is 0 Å². The summed E-state index contributed by atoms with van der Waals surface area (Å²) >= 11 is 0. The largest absolute Gasteiger partial charge is 0.493 e. The van der Waals surface area contributed by atoms with Gasteiger partial charge in [0.1, 0.15) is 5.75 Å². The van der Waals surface area contributed by atoms with E-state index in [0.29, 0.717) is 5.92 Å². The molecule has 1 aromatic heterocycles. The van der Waals surface area contributed by atoms with Crippen LogP contribution in [0.1, 0.15) is 87.5 Å². The van der Waals surface area contributed by atoms with Crippen LogP contribution in [0.3, 0.4) is 0 Å². The molecular weight excluding hydrogens is 614 g/mol. The van der Waals surface area contributed by atoms with E-state index in [-0.39, 0.29) is 18.5 Å². The van der Waals surface area contributed by atoms with Crippen LogP contribution in [0.2, 0.25) is 0 Å². The van der Waals surface area contributed by atoms with Gasteiger partial charge in [-0.05, 0) is 144 Å². The SMILES string of the molecule is CC(C)(C)O.Cc1nc(CN(C)CC2CCOCC2)c(-c2ccc3c(c2)CCNC3)c(-c2ccc3c(c2)CCCO3)c1CC(=O)OC(C)C. The number of rotatable bonds is 9. The highest BCUT2D eigenvalue weighted by atomic mass is 16.5. The van der Waals surface area contributed by atoms with Crippen LogP contribution in [0.15, 0.2) is 36.4 Å². The van der Waals surface area contributed by atoms with Crippen molar-refractivity contribution in [3.8, 4) is 28.0 Å². The van der Waals surface area contributed by atoms with E-state index in [2.05, 4.69) is 53.7 Å². The van der Waals surface area contributed by atoms with E-state index in [1.165, 1.54) is 16.7 Å². The molecule has 0 radical (unpaired) electrons. The Labute approximate surface area is 293 Å². The fourth-order valence-electron chi connectivity index (χ4n) is 7.05. The van der Waals surface area contributed by atoms with Crippen LogP contribution >= 0.6 is 0 Å². The Bertz CT molecular complexity index is 1580. The Morgan fingerprint density at radius 3 is 2.45 bits per heavy atom. The molecule has 3 aliphatic rings. The maximum Gasteiger partial charge on any atom is 0.310 e. The van der Waals surface area contributed by atoms with Crippen molar-refractivity contribution in [1.29, 1.82) is 0 Å². The third-order valence-corrected chi connectivity index (χ3v) is 9.18. The van der Waals surface area contributed by atoms with Crippen LogP contribution < -0.4 is 10.1 Å². The summed E-state index contributed by atoms with van der Waals surface area (Å²) in [5.74, 6) is 1.37. The molecule has 0 saturated carbocycles. The van der Waals surface area contributed by atoms with Crippen molar-refractivity contribution in [2.75, 3.05) is 40.0 Å².